The molecule has 0 spiro atoms. The number of anilines is 1. The molecule has 1 saturated heterocycles. The average Bonchev–Trinajstić information content (AvgIpc) is 2.42. The zero-order valence-corrected chi connectivity index (χ0v) is 12.3. The molecular formula is C14H14ClF3N2O2. The van der Waals surface area contributed by atoms with Crippen molar-refractivity contribution >= 4 is 29.1 Å². The topological polar surface area (TPSA) is 49.4 Å². The summed E-state index contributed by atoms with van der Waals surface area (Å²) in [5, 5.41) is 1.92. The predicted octanol–water partition coefficient (Wildman–Crippen LogP) is 3.31. The number of amides is 2. The maximum atomic E-state index is 12.7. The number of alkyl halides is 3. The number of hydrogen-bond donors (Lipinski definition) is 1. The Kier molecular flexibility index (Phi) is 4.95. The van der Waals surface area contributed by atoms with Crippen molar-refractivity contribution in [1.82, 2.24) is 4.90 Å². The highest BCUT2D eigenvalue weighted by molar-refractivity contribution is 6.31. The molecular weight excluding hydrogens is 321 g/mol. The van der Waals surface area contributed by atoms with Gasteiger partial charge >= 0.3 is 6.18 Å². The molecule has 0 unspecified atom stereocenters. The number of likely N-dealkylation sites (tertiary alicyclic amines) is 1. The van der Waals surface area contributed by atoms with Crippen molar-refractivity contribution in [1.29, 1.82) is 0 Å². The third kappa shape index (κ3) is 4.13. The van der Waals surface area contributed by atoms with E-state index in [9.17, 15) is 22.8 Å². The summed E-state index contributed by atoms with van der Waals surface area (Å²) < 4.78 is 38.2. The molecule has 22 heavy (non-hydrogen) atoms. The Hall–Kier alpha value is -1.76. The van der Waals surface area contributed by atoms with Gasteiger partial charge in [0.25, 0.3) is 0 Å². The molecule has 1 N–H and O–H groups in total. The van der Waals surface area contributed by atoms with Crippen LogP contribution in [-0.4, -0.2) is 29.8 Å². The second-order valence-corrected chi connectivity index (χ2v) is 5.42. The van der Waals surface area contributed by atoms with Gasteiger partial charge in [-0.3, -0.25) is 9.59 Å². The van der Waals surface area contributed by atoms with Gasteiger partial charge in [-0.1, -0.05) is 11.6 Å². The molecule has 1 aromatic carbocycles. The summed E-state index contributed by atoms with van der Waals surface area (Å²) in [6.07, 6.45) is -2.59. The van der Waals surface area contributed by atoms with E-state index in [4.69, 9.17) is 11.6 Å². The van der Waals surface area contributed by atoms with Crippen LogP contribution in [0.3, 0.4) is 0 Å². The molecule has 1 aliphatic heterocycles. The van der Waals surface area contributed by atoms with Crippen LogP contribution in [-0.2, 0) is 15.8 Å². The summed E-state index contributed by atoms with van der Waals surface area (Å²) in [5.41, 5.74) is -1.02. The van der Waals surface area contributed by atoms with Crippen molar-refractivity contribution in [3.8, 4) is 0 Å². The third-order valence-corrected chi connectivity index (χ3v) is 3.64. The molecule has 120 valence electrons. The van der Waals surface area contributed by atoms with E-state index in [-0.39, 0.29) is 18.1 Å². The van der Waals surface area contributed by atoms with E-state index in [0.29, 0.717) is 13.0 Å². The number of nitrogens with one attached hydrogen (secondary N) is 1. The monoisotopic (exact) mass is 334 g/mol. The third-order valence-electron chi connectivity index (χ3n) is 3.31. The molecule has 1 heterocycles. The van der Waals surface area contributed by atoms with E-state index in [1.807, 2.05) is 0 Å². The first-order chi connectivity index (χ1) is 10.3. The minimum Gasteiger partial charge on any atom is -0.333 e. The Balaban J connectivity index is 2.04. The Morgan fingerprint density at radius 2 is 2.05 bits per heavy atom. The Morgan fingerprint density at radius 1 is 1.32 bits per heavy atom. The van der Waals surface area contributed by atoms with Crippen LogP contribution in [0.5, 0.6) is 0 Å². The van der Waals surface area contributed by atoms with Crippen LogP contribution < -0.4 is 5.32 Å². The fourth-order valence-electron chi connectivity index (χ4n) is 2.22. The van der Waals surface area contributed by atoms with Crippen LogP contribution in [0.1, 0.15) is 24.8 Å². The largest absolute Gasteiger partial charge is 0.417 e. The van der Waals surface area contributed by atoms with E-state index in [2.05, 4.69) is 5.32 Å². The Morgan fingerprint density at radius 3 is 2.68 bits per heavy atom. The van der Waals surface area contributed by atoms with Crippen LogP contribution in [0, 0.1) is 0 Å². The molecule has 0 atom stereocenters. The van der Waals surface area contributed by atoms with Crippen LogP contribution in [0.4, 0.5) is 18.9 Å². The fraction of sp³-hybridized carbons (Fsp3) is 0.429. The van der Waals surface area contributed by atoms with E-state index in [0.717, 1.165) is 25.0 Å². The summed E-state index contributed by atoms with van der Waals surface area (Å²) in [5.74, 6) is -0.654. The summed E-state index contributed by atoms with van der Waals surface area (Å²) in [7, 11) is 0. The highest BCUT2D eigenvalue weighted by Gasteiger charge is 2.33. The van der Waals surface area contributed by atoms with Gasteiger partial charge in [-0.05, 0) is 31.0 Å². The number of piperidine rings is 1. The first-order valence-corrected chi connectivity index (χ1v) is 7.09. The number of benzene rings is 1. The van der Waals surface area contributed by atoms with Crippen molar-refractivity contribution in [3.05, 3.63) is 28.8 Å². The first-order valence-electron chi connectivity index (χ1n) is 6.72. The van der Waals surface area contributed by atoms with Gasteiger partial charge in [0.2, 0.25) is 11.8 Å². The number of carbonyl (C=O) groups excluding carboxylic acids is 2. The lowest BCUT2D eigenvalue weighted by Crippen LogP contribution is -2.40. The van der Waals surface area contributed by atoms with E-state index in [1.54, 1.807) is 0 Å². The molecule has 0 aromatic heterocycles. The van der Waals surface area contributed by atoms with Crippen molar-refractivity contribution in [2.75, 3.05) is 18.4 Å². The van der Waals surface area contributed by atoms with E-state index in [1.165, 1.54) is 11.0 Å². The molecule has 1 aliphatic rings. The van der Waals surface area contributed by atoms with Gasteiger partial charge in [-0.25, -0.2) is 0 Å². The number of halogens is 4. The van der Waals surface area contributed by atoms with Crippen molar-refractivity contribution < 1.29 is 22.8 Å². The van der Waals surface area contributed by atoms with Crippen LogP contribution in [0.15, 0.2) is 18.2 Å². The van der Waals surface area contributed by atoms with Crippen LogP contribution >= 0.6 is 11.6 Å². The minimum atomic E-state index is -4.60. The van der Waals surface area contributed by atoms with E-state index >= 15 is 0 Å². The molecule has 0 bridgehead atoms. The lowest BCUT2D eigenvalue weighted by Gasteiger charge is -2.26. The fourth-order valence-corrected chi connectivity index (χ4v) is 2.45. The molecule has 0 aliphatic carbocycles. The quantitative estimate of drug-likeness (QED) is 0.922. The maximum absolute atomic E-state index is 12.7. The Labute approximate surface area is 130 Å². The Bertz CT molecular complexity index is 590. The summed E-state index contributed by atoms with van der Waals surface area (Å²) in [6, 6.07) is 3.14. The molecule has 1 fully saturated rings. The molecule has 2 amide bonds. The van der Waals surface area contributed by atoms with Crippen LogP contribution in [0.25, 0.3) is 0 Å². The maximum Gasteiger partial charge on any atom is 0.417 e. The van der Waals surface area contributed by atoms with Gasteiger partial charge in [-0.2, -0.15) is 13.2 Å². The van der Waals surface area contributed by atoms with E-state index < -0.39 is 22.7 Å². The number of hydrogen-bond acceptors (Lipinski definition) is 2. The van der Waals surface area contributed by atoms with Crippen molar-refractivity contribution in [2.24, 2.45) is 0 Å². The highest BCUT2D eigenvalue weighted by Crippen LogP contribution is 2.36. The lowest BCUT2D eigenvalue weighted by atomic mass is 10.1. The van der Waals surface area contributed by atoms with Crippen LogP contribution in [0.2, 0.25) is 5.02 Å². The molecule has 4 nitrogen and oxygen atoms in total. The summed E-state index contributed by atoms with van der Waals surface area (Å²) >= 11 is 5.51. The number of carbonyl (C=O) groups is 2. The van der Waals surface area contributed by atoms with Gasteiger partial charge in [-0.15, -0.1) is 0 Å². The number of nitrogens with zero attached hydrogens (tertiary/aromatic N) is 1. The standard InChI is InChI=1S/C14H14ClF3N2O2/c15-11-5-4-9(7-10(11)14(16,17)18)19-12(21)8-20-6-2-1-3-13(20)22/h4-5,7H,1-3,6,8H2,(H,19,21). The molecule has 2 rings (SSSR count). The summed E-state index contributed by atoms with van der Waals surface area (Å²) in [6.45, 7) is 0.323. The average molecular weight is 335 g/mol. The van der Waals surface area contributed by atoms with Gasteiger partial charge in [0.15, 0.2) is 0 Å². The second-order valence-electron chi connectivity index (χ2n) is 5.01. The second kappa shape index (κ2) is 6.56. The van der Waals surface area contributed by atoms with Crippen molar-refractivity contribution in [3.63, 3.8) is 0 Å². The molecule has 0 saturated carbocycles. The SMILES string of the molecule is O=C(CN1CCCCC1=O)Nc1ccc(Cl)c(C(F)(F)F)c1. The molecule has 1 aromatic rings. The zero-order valence-electron chi connectivity index (χ0n) is 11.5. The van der Waals surface area contributed by atoms with Gasteiger partial charge in [0, 0.05) is 18.7 Å². The molecule has 0 radical (unpaired) electrons. The number of rotatable bonds is 3. The van der Waals surface area contributed by atoms with Gasteiger partial charge in [0.05, 0.1) is 17.1 Å². The zero-order chi connectivity index (χ0) is 16.3. The first kappa shape index (κ1) is 16.6. The van der Waals surface area contributed by atoms with Crippen molar-refractivity contribution in [2.45, 2.75) is 25.4 Å². The van der Waals surface area contributed by atoms with Gasteiger partial charge in [0.1, 0.15) is 0 Å². The predicted molar refractivity (Wildman–Crippen MR) is 75.5 cm³/mol. The lowest BCUT2D eigenvalue weighted by molar-refractivity contribution is -0.137. The van der Waals surface area contributed by atoms with Gasteiger partial charge < -0.3 is 10.2 Å². The smallest absolute Gasteiger partial charge is 0.333 e. The highest BCUT2D eigenvalue weighted by atomic mass is 35.5. The minimum absolute atomic E-state index is 0.00816. The molecule has 8 heteroatoms. The normalized spacial score (nSPS) is 15.8. The summed E-state index contributed by atoms with van der Waals surface area (Å²) in [4.78, 5) is 24.8.